The molecule has 0 aliphatic carbocycles. The van der Waals surface area contributed by atoms with Crippen LogP contribution in [0.1, 0.15) is 76.2 Å². The molecular formula is C28H43FN6O4. The fourth-order valence-corrected chi connectivity index (χ4v) is 4.55. The van der Waals surface area contributed by atoms with Crippen LogP contribution in [0.3, 0.4) is 0 Å². The average Bonchev–Trinajstić information content (AvgIpc) is 3.37. The van der Waals surface area contributed by atoms with Crippen LogP contribution in [-0.4, -0.2) is 72.3 Å². The van der Waals surface area contributed by atoms with E-state index in [0.717, 1.165) is 5.56 Å². The molecule has 2 rings (SSSR count). The summed E-state index contributed by atoms with van der Waals surface area (Å²) in [6.45, 7) is 9.30. The zero-order chi connectivity index (χ0) is 29.3. The van der Waals surface area contributed by atoms with Gasteiger partial charge in [0.1, 0.15) is 18.8 Å². The molecule has 10 nitrogen and oxygen atoms in total. The van der Waals surface area contributed by atoms with E-state index in [9.17, 15) is 23.6 Å². The number of benzene rings is 1. The Balaban J connectivity index is 2.10. The van der Waals surface area contributed by atoms with Crippen LogP contribution in [-0.2, 0) is 19.8 Å². The molecule has 3 atom stereocenters. The summed E-state index contributed by atoms with van der Waals surface area (Å²) in [6.07, 6.45) is 1.52. The number of hydrogen-bond donors (Lipinski definition) is 5. The highest BCUT2D eigenvalue weighted by atomic mass is 19.1. The summed E-state index contributed by atoms with van der Waals surface area (Å²) < 4.78 is 13.2. The fraction of sp³-hybridized carbons (Fsp3) is 0.607. The van der Waals surface area contributed by atoms with Gasteiger partial charge >= 0.3 is 0 Å². The Bertz CT molecular complexity index is 1040. The summed E-state index contributed by atoms with van der Waals surface area (Å²) in [4.78, 5) is 53.3. The third-order valence-electron chi connectivity index (χ3n) is 6.89. The summed E-state index contributed by atoms with van der Waals surface area (Å²) in [5, 5.41) is 15.2. The Hall–Kier alpha value is -3.50. The van der Waals surface area contributed by atoms with Crippen molar-refractivity contribution in [2.45, 2.75) is 83.8 Å². The van der Waals surface area contributed by atoms with Crippen LogP contribution >= 0.6 is 0 Å². The third kappa shape index (κ3) is 9.04. The average molecular weight is 547 g/mol. The van der Waals surface area contributed by atoms with Crippen LogP contribution in [0.4, 0.5) is 4.39 Å². The number of amides is 3. The molecule has 0 unspecified atom stereocenters. The summed E-state index contributed by atoms with van der Waals surface area (Å²) in [5.41, 5.74) is 6.70. The minimum absolute atomic E-state index is 0.0595. The summed E-state index contributed by atoms with van der Waals surface area (Å²) in [6, 6.07) is 4.53. The molecule has 1 heterocycles. The zero-order valence-electron chi connectivity index (χ0n) is 23.6. The van der Waals surface area contributed by atoms with E-state index in [-0.39, 0.29) is 35.5 Å². The molecule has 1 aromatic rings. The first-order chi connectivity index (χ1) is 18.3. The Morgan fingerprint density at radius 2 is 1.77 bits per heavy atom. The molecule has 0 radical (unpaired) electrons. The fourth-order valence-electron chi connectivity index (χ4n) is 4.55. The van der Waals surface area contributed by atoms with Crippen LogP contribution in [0.5, 0.6) is 0 Å². The molecule has 0 bridgehead atoms. The lowest BCUT2D eigenvalue weighted by atomic mass is 9.86. The second kappa shape index (κ2) is 14.0. The van der Waals surface area contributed by atoms with Crippen LogP contribution in [0.25, 0.3) is 0 Å². The summed E-state index contributed by atoms with van der Waals surface area (Å²) in [7, 11) is 0. The molecule has 1 saturated heterocycles. The number of hydrogen-bond acceptors (Lipinski definition) is 5. The Morgan fingerprint density at radius 3 is 2.31 bits per heavy atom. The van der Waals surface area contributed by atoms with Gasteiger partial charge in [0.15, 0.2) is 11.7 Å². The Kier molecular flexibility index (Phi) is 11.4. The molecule has 1 aromatic carbocycles. The highest BCUT2D eigenvalue weighted by molar-refractivity contribution is 5.99. The van der Waals surface area contributed by atoms with Crippen molar-refractivity contribution in [1.29, 1.82) is 5.41 Å². The van der Waals surface area contributed by atoms with Crippen molar-refractivity contribution in [3.63, 3.8) is 0 Å². The number of alkyl halides is 1. The number of Topliss-reactive ketones (excluding diaryl/α,β-unsaturated/α-hetero) is 1. The number of carbonyl (C=O) groups is 4. The molecule has 216 valence electrons. The van der Waals surface area contributed by atoms with Gasteiger partial charge in [-0.2, -0.15) is 0 Å². The van der Waals surface area contributed by atoms with Gasteiger partial charge in [-0.25, -0.2) is 4.39 Å². The highest BCUT2D eigenvalue weighted by Crippen LogP contribution is 2.23. The van der Waals surface area contributed by atoms with Gasteiger partial charge in [-0.1, -0.05) is 46.8 Å². The smallest absolute Gasteiger partial charge is 0.251 e. The molecular weight excluding hydrogens is 503 g/mol. The monoisotopic (exact) mass is 546 g/mol. The number of ketones is 1. The molecule has 3 amide bonds. The van der Waals surface area contributed by atoms with E-state index in [1.165, 1.54) is 4.90 Å². The van der Waals surface area contributed by atoms with Crippen molar-refractivity contribution in [2.75, 3.05) is 19.8 Å². The highest BCUT2D eigenvalue weighted by Gasteiger charge is 2.39. The Morgan fingerprint density at radius 1 is 1.13 bits per heavy atom. The van der Waals surface area contributed by atoms with Crippen LogP contribution in [0.2, 0.25) is 0 Å². The van der Waals surface area contributed by atoms with E-state index in [2.05, 4.69) is 36.7 Å². The molecule has 1 fully saturated rings. The van der Waals surface area contributed by atoms with Gasteiger partial charge in [-0.3, -0.25) is 24.6 Å². The quantitative estimate of drug-likeness (QED) is 0.153. The van der Waals surface area contributed by atoms with E-state index in [1.807, 2.05) is 26.0 Å². The minimum atomic E-state index is -1.23. The first kappa shape index (κ1) is 31.7. The second-order valence-electron chi connectivity index (χ2n) is 11.4. The number of carbonyl (C=O) groups excluding carboxylic acids is 4. The van der Waals surface area contributed by atoms with Gasteiger partial charge in [0.2, 0.25) is 11.8 Å². The predicted molar refractivity (Wildman–Crippen MR) is 148 cm³/mol. The van der Waals surface area contributed by atoms with Gasteiger partial charge in [-0.15, -0.1) is 0 Å². The van der Waals surface area contributed by atoms with Crippen LogP contribution < -0.4 is 21.7 Å². The van der Waals surface area contributed by atoms with E-state index in [0.29, 0.717) is 37.9 Å². The van der Waals surface area contributed by atoms with E-state index >= 15 is 0 Å². The number of halogens is 1. The lowest BCUT2D eigenvalue weighted by molar-refractivity contribution is -0.141. The number of rotatable bonds is 12. The second-order valence-corrected chi connectivity index (χ2v) is 11.4. The lowest BCUT2D eigenvalue weighted by Gasteiger charge is -2.31. The number of nitrogens with zero attached hydrogens (tertiary/aromatic N) is 1. The largest absolute Gasteiger partial charge is 0.370 e. The molecule has 0 aromatic heterocycles. The number of guanidine groups is 1. The topological polar surface area (TPSA) is 157 Å². The lowest BCUT2D eigenvalue weighted by Crippen LogP contribution is -2.56. The first-order valence-electron chi connectivity index (χ1n) is 13.4. The molecule has 11 heteroatoms. The maximum absolute atomic E-state index is 13.6. The molecule has 1 aliphatic rings. The maximum atomic E-state index is 13.6. The molecule has 6 N–H and O–H groups in total. The van der Waals surface area contributed by atoms with Gasteiger partial charge < -0.3 is 26.6 Å². The SMILES string of the molecule is CC(C)[C@H](NC(=O)c1ccc(C(C)(C)C)cc1)C(=O)N1CCC[C@H]1C(=O)N[C@@H](CCCNC(=N)N)C(=O)CF. The van der Waals surface area contributed by atoms with Crippen molar-refractivity contribution in [1.82, 2.24) is 20.9 Å². The first-order valence-corrected chi connectivity index (χ1v) is 13.4. The van der Waals surface area contributed by atoms with Gasteiger partial charge in [-0.05, 0) is 54.7 Å². The van der Waals surface area contributed by atoms with Gasteiger partial charge in [0, 0.05) is 18.7 Å². The number of nitrogens with one attached hydrogen (secondary N) is 4. The number of likely N-dealkylation sites (tertiary alicyclic amines) is 1. The van der Waals surface area contributed by atoms with Gasteiger partial charge in [0.05, 0.1) is 6.04 Å². The van der Waals surface area contributed by atoms with Crippen molar-refractivity contribution >= 4 is 29.5 Å². The molecule has 1 aliphatic heterocycles. The van der Waals surface area contributed by atoms with E-state index in [4.69, 9.17) is 11.1 Å². The van der Waals surface area contributed by atoms with Crippen molar-refractivity contribution in [2.24, 2.45) is 11.7 Å². The van der Waals surface area contributed by atoms with Crippen molar-refractivity contribution in [3.05, 3.63) is 35.4 Å². The molecule has 0 spiro atoms. The van der Waals surface area contributed by atoms with Crippen LogP contribution in [0, 0.1) is 11.3 Å². The summed E-state index contributed by atoms with van der Waals surface area (Å²) >= 11 is 0. The van der Waals surface area contributed by atoms with E-state index in [1.54, 1.807) is 12.1 Å². The normalized spacial score (nSPS) is 16.9. The third-order valence-corrected chi connectivity index (χ3v) is 6.89. The van der Waals surface area contributed by atoms with Crippen molar-refractivity contribution in [3.8, 4) is 0 Å². The number of nitrogens with two attached hydrogens (primary N) is 1. The van der Waals surface area contributed by atoms with E-state index < -0.39 is 36.5 Å². The maximum Gasteiger partial charge on any atom is 0.251 e. The van der Waals surface area contributed by atoms with Gasteiger partial charge in [0.25, 0.3) is 5.91 Å². The van der Waals surface area contributed by atoms with Crippen molar-refractivity contribution < 1.29 is 23.6 Å². The van der Waals surface area contributed by atoms with Crippen LogP contribution in [0.15, 0.2) is 24.3 Å². The Labute approximate surface area is 230 Å². The summed E-state index contributed by atoms with van der Waals surface area (Å²) in [5.74, 6) is -2.50. The standard InChI is InChI=1S/C28H43FN6O4/c1-17(2)23(34-24(37)18-10-12-19(13-11-18)28(3,4)5)26(39)35-15-7-9-21(35)25(38)33-20(22(36)16-29)8-6-14-32-27(30)31/h10-13,17,20-21,23H,6-9,14-16H2,1-5H3,(H,33,38)(H,34,37)(H4,30,31,32)/t20-,21-,23-/m0/s1. The molecule has 39 heavy (non-hydrogen) atoms. The minimum Gasteiger partial charge on any atom is -0.370 e. The predicted octanol–water partition coefficient (Wildman–Crippen LogP) is 2.02. The zero-order valence-corrected chi connectivity index (χ0v) is 23.6. The molecule has 0 saturated carbocycles.